The van der Waals surface area contributed by atoms with Crippen molar-refractivity contribution in [1.82, 2.24) is 14.9 Å². The van der Waals surface area contributed by atoms with Gasteiger partial charge in [0.05, 0.1) is 12.4 Å². The second-order valence-electron chi connectivity index (χ2n) is 4.63. The number of aromatic amines is 1. The van der Waals surface area contributed by atoms with E-state index in [9.17, 15) is 4.79 Å². The number of imidazole rings is 1. The van der Waals surface area contributed by atoms with Gasteiger partial charge in [0.2, 0.25) is 5.91 Å². The Bertz CT molecular complexity index is 341. The fraction of sp³-hybridized carbons (Fsp3) is 0.667. The molecule has 2 heterocycles. The van der Waals surface area contributed by atoms with Gasteiger partial charge in [-0.05, 0) is 12.8 Å². The third kappa shape index (κ3) is 3.30. The summed E-state index contributed by atoms with van der Waals surface area (Å²) in [6, 6.07) is -0.450. The largest absolute Gasteiger partial charge is 0.348 e. The highest BCUT2D eigenvalue weighted by Crippen LogP contribution is 2.11. The van der Waals surface area contributed by atoms with Crippen LogP contribution in [0.1, 0.15) is 31.4 Å². The molecule has 94 valence electrons. The second kappa shape index (κ2) is 5.82. The van der Waals surface area contributed by atoms with Crippen molar-refractivity contribution in [1.29, 1.82) is 0 Å². The molecule has 0 saturated carbocycles. The molecule has 17 heavy (non-hydrogen) atoms. The maximum atomic E-state index is 12.1. The molecule has 1 amide bonds. The Morgan fingerprint density at radius 1 is 1.41 bits per heavy atom. The maximum absolute atomic E-state index is 12.1. The highest BCUT2D eigenvalue weighted by molar-refractivity contribution is 5.81. The van der Waals surface area contributed by atoms with Crippen LogP contribution in [0, 0.1) is 0 Å². The molecule has 1 saturated heterocycles. The van der Waals surface area contributed by atoms with Crippen LogP contribution >= 0.6 is 0 Å². The molecular weight excluding hydrogens is 216 g/mol. The number of likely N-dealkylation sites (tertiary alicyclic amines) is 1. The average molecular weight is 236 g/mol. The molecule has 0 unspecified atom stereocenters. The topological polar surface area (TPSA) is 75.0 Å². The lowest BCUT2D eigenvalue weighted by Gasteiger charge is -2.23. The summed E-state index contributed by atoms with van der Waals surface area (Å²) < 4.78 is 0. The highest BCUT2D eigenvalue weighted by Gasteiger charge is 2.22. The Balaban J connectivity index is 1.89. The molecule has 1 aliphatic heterocycles. The van der Waals surface area contributed by atoms with Crippen LogP contribution in [-0.4, -0.2) is 39.9 Å². The Hall–Kier alpha value is -1.36. The van der Waals surface area contributed by atoms with Crippen molar-refractivity contribution in [2.75, 3.05) is 13.1 Å². The molecule has 1 fully saturated rings. The molecule has 0 bridgehead atoms. The van der Waals surface area contributed by atoms with Gasteiger partial charge < -0.3 is 15.6 Å². The molecular formula is C12H20N4O. The van der Waals surface area contributed by atoms with E-state index in [2.05, 4.69) is 9.97 Å². The van der Waals surface area contributed by atoms with Gasteiger partial charge in [0.1, 0.15) is 0 Å². The van der Waals surface area contributed by atoms with Crippen molar-refractivity contribution in [3.63, 3.8) is 0 Å². The van der Waals surface area contributed by atoms with E-state index in [1.54, 1.807) is 12.5 Å². The van der Waals surface area contributed by atoms with Gasteiger partial charge in [-0.15, -0.1) is 0 Å². The first-order valence-corrected chi connectivity index (χ1v) is 6.29. The molecule has 2 rings (SSSR count). The smallest absolute Gasteiger partial charge is 0.239 e. The average Bonchev–Trinajstić information content (AvgIpc) is 2.68. The zero-order valence-electron chi connectivity index (χ0n) is 10.1. The van der Waals surface area contributed by atoms with Gasteiger partial charge in [0.25, 0.3) is 0 Å². The lowest BCUT2D eigenvalue weighted by Crippen LogP contribution is -2.45. The van der Waals surface area contributed by atoms with Crippen LogP contribution in [0.2, 0.25) is 0 Å². The van der Waals surface area contributed by atoms with E-state index in [0.717, 1.165) is 31.6 Å². The van der Waals surface area contributed by atoms with E-state index in [1.165, 1.54) is 12.8 Å². The van der Waals surface area contributed by atoms with Gasteiger partial charge in [-0.25, -0.2) is 4.98 Å². The lowest BCUT2D eigenvalue weighted by atomic mass is 10.1. The zero-order valence-corrected chi connectivity index (χ0v) is 10.1. The number of nitrogens with zero attached hydrogens (tertiary/aromatic N) is 2. The summed E-state index contributed by atoms with van der Waals surface area (Å²) in [5.74, 6) is 0.0708. The van der Waals surface area contributed by atoms with Gasteiger partial charge in [0.15, 0.2) is 0 Å². The number of rotatable bonds is 3. The standard InChI is InChI=1S/C12H20N4O/c13-11(7-10-8-14-9-15-10)12(17)16-5-3-1-2-4-6-16/h8-9,11H,1-7,13H2,(H,14,15)/t11-/m0/s1. The summed E-state index contributed by atoms with van der Waals surface area (Å²) in [6.07, 6.45) is 8.51. The summed E-state index contributed by atoms with van der Waals surface area (Å²) in [5, 5.41) is 0. The van der Waals surface area contributed by atoms with Crippen molar-refractivity contribution in [2.24, 2.45) is 5.73 Å². The first-order valence-electron chi connectivity index (χ1n) is 6.29. The molecule has 1 aliphatic rings. The molecule has 1 aromatic heterocycles. The van der Waals surface area contributed by atoms with E-state index < -0.39 is 6.04 Å². The first-order chi connectivity index (χ1) is 8.27. The zero-order chi connectivity index (χ0) is 12.1. The SMILES string of the molecule is N[C@@H](Cc1cnc[nH]1)C(=O)N1CCCCCC1. The third-order valence-electron chi connectivity index (χ3n) is 3.23. The summed E-state index contributed by atoms with van der Waals surface area (Å²) in [6.45, 7) is 1.71. The number of hydrogen-bond acceptors (Lipinski definition) is 3. The van der Waals surface area contributed by atoms with E-state index in [0.29, 0.717) is 6.42 Å². The van der Waals surface area contributed by atoms with Crippen LogP contribution in [0.4, 0.5) is 0 Å². The lowest BCUT2D eigenvalue weighted by molar-refractivity contribution is -0.132. The highest BCUT2D eigenvalue weighted by atomic mass is 16.2. The number of H-pyrrole nitrogens is 1. The van der Waals surface area contributed by atoms with Gasteiger partial charge in [0, 0.05) is 31.4 Å². The molecule has 0 aromatic carbocycles. The molecule has 5 heteroatoms. The number of nitrogens with two attached hydrogens (primary N) is 1. The Morgan fingerprint density at radius 2 is 2.12 bits per heavy atom. The molecule has 3 N–H and O–H groups in total. The van der Waals surface area contributed by atoms with E-state index in [-0.39, 0.29) is 5.91 Å². The van der Waals surface area contributed by atoms with Crippen molar-refractivity contribution in [2.45, 2.75) is 38.1 Å². The number of carbonyl (C=O) groups excluding carboxylic acids is 1. The van der Waals surface area contributed by atoms with Crippen molar-refractivity contribution in [3.8, 4) is 0 Å². The van der Waals surface area contributed by atoms with Crippen LogP contribution < -0.4 is 5.73 Å². The van der Waals surface area contributed by atoms with Crippen LogP contribution in [0.3, 0.4) is 0 Å². The van der Waals surface area contributed by atoms with E-state index in [4.69, 9.17) is 5.73 Å². The quantitative estimate of drug-likeness (QED) is 0.810. The number of hydrogen-bond donors (Lipinski definition) is 2. The van der Waals surface area contributed by atoms with Gasteiger partial charge in [-0.1, -0.05) is 12.8 Å². The number of carbonyl (C=O) groups is 1. The normalized spacial score (nSPS) is 18.8. The fourth-order valence-corrected chi connectivity index (χ4v) is 2.25. The summed E-state index contributed by atoms with van der Waals surface area (Å²) in [4.78, 5) is 21.0. The maximum Gasteiger partial charge on any atom is 0.239 e. The van der Waals surface area contributed by atoms with E-state index in [1.807, 2.05) is 4.90 Å². The predicted octanol–water partition coefficient (Wildman–Crippen LogP) is 0.682. The summed E-state index contributed by atoms with van der Waals surface area (Å²) >= 11 is 0. The monoisotopic (exact) mass is 236 g/mol. The van der Waals surface area contributed by atoms with Crippen LogP contribution in [-0.2, 0) is 11.2 Å². The van der Waals surface area contributed by atoms with Crippen molar-refractivity contribution < 1.29 is 4.79 Å². The summed E-state index contributed by atoms with van der Waals surface area (Å²) in [5.41, 5.74) is 6.87. The molecule has 0 aliphatic carbocycles. The Kier molecular flexibility index (Phi) is 4.14. The minimum absolute atomic E-state index is 0.0708. The van der Waals surface area contributed by atoms with Crippen molar-refractivity contribution >= 4 is 5.91 Å². The van der Waals surface area contributed by atoms with Gasteiger partial charge in [-0.2, -0.15) is 0 Å². The first kappa shape index (κ1) is 12.1. The second-order valence-corrected chi connectivity index (χ2v) is 4.63. The van der Waals surface area contributed by atoms with E-state index >= 15 is 0 Å². The van der Waals surface area contributed by atoms with Gasteiger partial charge >= 0.3 is 0 Å². The fourth-order valence-electron chi connectivity index (χ4n) is 2.25. The number of amides is 1. The molecule has 0 radical (unpaired) electrons. The summed E-state index contributed by atoms with van der Waals surface area (Å²) in [7, 11) is 0. The minimum Gasteiger partial charge on any atom is -0.348 e. The molecule has 5 nitrogen and oxygen atoms in total. The molecule has 1 aromatic rings. The van der Waals surface area contributed by atoms with Crippen molar-refractivity contribution in [3.05, 3.63) is 18.2 Å². The minimum atomic E-state index is -0.450. The Morgan fingerprint density at radius 3 is 2.71 bits per heavy atom. The van der Waals surface area contributed by atoms with Gasteiger partial charge in [-0.3, -0.25) is 4.79 Å². The number of nitrogens with one attached hydrogen (secondary N) is 1. The Labute approximate surface area is 101 Å². The molecule has 1 atom stereocenters. The van der Waals surface area contributed by atoms with Crippen LogP contribution in [0.15, 0.2) is 12.5 Å². The van der Waals surface area contributed by atoms with Crippen LogP contribution in [0.5, 0.6) is 0 Å². The number of aromatic nitrogens is 2. The third-order valence-corrected chi connectivity index (χ3v) is 3.23. The predicted molar refractivity (Wildman–Crippen MR) is 65.3 cm³/mol. The van der Waals surface area contributed by atoms with Crippen LogP contribution in [0.25, 0.3) is 0 Å². The molecule has 0 spiro atoms.